The molecule has 1 aliphatic rings. The van der Waals surface area contributed by atoms with E-state index in [2.05, 4.69) is 18.7 Å². The van der Waals surface area contributed by atoms with Gasteiger partial charge in [-0.1, -0.05) is 19.8 Å². The molecule has 1 aliphatic carbocycles. The number of hydrogen-bond donors (Lipinski definition) is 0. The predicted octanol–water partition coefficient (Wildman–Crippen LogP) is 3.54. The highest BCUT2D eigenvalue weighted by atomic mass is 35.5. The molecule has 0 heterocycles. The van der Waals surface area contributed by atoms with Gasteiger partial charge in [0.1, 0.15) is 0 Å². The summed E-state index contributed by atoms with van der Waals surface area (Å²) in [5.74, 6) is 2.91. The zero-order valence-corrected chi connectivity index (χ0v) is 8.76. The van der Waals surface area contributed by atoms with E-state index in [-0.39, 0.29) is 0 Å². The molecule has 66 valence electrons. The Balaban J connectivity index is 2.12. The molecule has 1 fully saturated rings. The SMILES string of the molecule is CC1CCCC(SCCCl)C1. The first-order valence-electron chi connectivity index (χ1n) is 4.50. The quantitative estimate of drug-likeness (QED) is 0.617. The molecule has 0 N–H and O–H groups in total. The van der Waals surface area contributed by atoms with Crippen molar-refractivity contribution in [1.29, 1.82) is 0 Å². The molecule has 0 aromatic heterocycles. The first-order valence-corrected chi connectivity index (χ1v) is 6.09. The lowest BCUT2D eigenvalue weighted by Gasteiger charge is -2.25. The second kappa shape index (κ2) is 5.31. The Morgan fingerprint density at radius 3 is 2.91 bits per heavy atom. The summed E-state index contributed by atoms with van der Waals surface area (Å²) >= 11 is 7.71. The summed E-state index contributed by atoms with van der Waals surface area (Å²) in [6.45, 7) is 2.37. The van der Waals surface area contributed by atoms with Crippen LogP contribution in [0.2, 0.25) is 0 Å². The summed E-state index contributed by atoms with van der Waals surface area (Å²) in [5, 5.41) is 0.914. The smallest absolute Gasteiger partial charge is 0.0314 e. The number of rotatable bonds is 3. The fourth-order valence-electron chi connectivity index (χ4n) is 1.74. The van der Waals surface area contributed by atoms with Crippen LogP contribution in [0.15, 0.2) is 0 Å². The van der Waals surface area contributed by atoms with Gasteiger partial charge >= 0.3 is 0 Å². The van der Waals surface area contributed by atoms with E-state index < -0.39 is 0 Å². The van der Waals surface area contributed by atoms with Crippen LogP contribution in [-0.4, -0.2) is 16.9 Å². The topological polar surface area (TPSA) is 0 Å². The Morgan fingerprint density at radius 2 is 2.27 bits per heavy atom. The zero-order chi connectivity index (χ0) is 8.10. The van der Waals surface area contributed by atoms with Gasteiger partial charge in [0, 0.05) is 16.9 Å². The van der Waals surface area contributed by atoms with Crippen molar-refractivity contribution in [1.82, 2.24) is 0 Å². The van der Waals surface area contributed by atoms with Crippen molar-refractivity contribution in [2.24, 2.45) is 5.92 Å². The number of thioether (sulfide) groups is 1. The highest BCUT2D eigenvalue weighted by molar-refractivity contribution is 7.99. The monoisotopic (exact) mass is 192 g/mol. The molecule has 2 atom stereocenters. The van der Waals surface area contributed by atoms with Gasteiger partial charge in [0.15, 0.2) is 0 Å². The highest BCUT2D eigenvalue weighted by Crippen LogP contribution is 2.31. The molecule has 0 aliphatic heterocycles. The first kappa shape index (κ1) is 9.73. The average Bonchev–Trinajstić information content (AvgIpc) is 2.01. The van der Waals surface area contributed by atoms with E-state index in [0.29, 0.717) is 0 Å². The maximum atomic E-state index is 5.64. The van der Waals surface area contributed by atoms with Gasteiger partial charge < -0.3 is 0 Å². The molecule has 0 nitrogen and oxygen atoms in total. The Hall–Kier alpha value is 0.640. The maximum absolute atomic E-state index is 5.64. The Kier molecular flexibility index (Phi) is 4.70. The van der Waals surface area contributed by atoms with Crippen molar-refractivity contribution in [3.05, 3.63) is 0 Å². The van der Waals surface area contributed by atoms with Crippen LogP contribution in [0.1, 0.15) is 32.6 Å². The molecular weight excluding hydrogens is 176 g/mol. The third kappa shape index (κ3) is 3.71. The van der Waals surface area contributed by atoms with E-state index in [4.69, 9.17) is 11.6 Å². The van der Waals surface area contributed by atoms with Crippen LogP contribution in [0.25, 0.3) is 0 Å². The normalized spacial score (nSPS) is 32.2. The second-order valence-electron chi connectivity index (χ2n) is 3.45. The van der Waals surface area contributed by atoms with Gasteiger partial charge in [-0.05, 0) is 18.8 Å². The van der Waals surface area contributed by atoms with Gasteiger partial charge in [0.2, 0.25) is 0 Å². The van der Waals surface area contributed by atoms with E-state index in [1.165, 1.54) is 25.7 Å². The highest BCUT2D eigenvalue weighted by Gasteiger charge is 2.18. The number of halogens is 1. The standard InChI is InChI=1S/C9H17ClS/c1-8-3-2-4-9(7-8)11-6-5-10/h8-9H,2-7H2,1H3. The lowest BCUT2D eigenvalue weighted by atomic mass is 9.91. The molecule has 0 saturated heterocycles. The van der Waals surface area contributed by atoms with E-state index in [9.17, 15) is 0 Å². The molecule has 0 aromatic rings. The summed E-state index contributed by atoms with van der Waals surface area (Å²) in [7, 11) is 0. The Labute approximate surface area is 79.1 Å². The van der Waals surface area contributed by atoms with Crippen LogP contribution in [-0.2, 0) is 0 Å². The largest absolute Gasteiger partial charge is 0.157 e. The van der Waals surface area contributed by atoms with E-state index >= 15 is 0 Å². The van der Waals surface area contributed by atoms with Crippen LogP contribution < -0.4 is 0 Å². The molecule has 0 radical (unpaired) electrons. The summed E-state index contributed by atoms with van der Waals surface area (Å²) < 4.78 is 0. The van der Waals surface area contributed by atoms with Crippen LogP contribution in [0.4, 0.5) is 0 Å². The minimum absolute atomic E-state index is 0.815. The predicted molar refractivity (Wildman–Crippen MR) is 54.6 cm³/mol. The third-order valence-corrected chi connectivity index (χ3v) is 4.07. The molecule has 11 heavy (non-hydrogen) atoms. The van der Waals surface area contributed by atoms with E-state index in [1.807, 2.05) is 0 Å². The number of hydrogen-bond acceptors (Lipinski definition) is 1. The number of alkyl halides is 1. The molecule has 1 rings (SSSR count). The molecule has 2 heteroatoms. The van der Waals surface area contributed by atoms with Gasteiger partial charge in [-0.25, -0.2) is 0 Å². The van der Waals surface area contributed by atoms with Crippen molar-refractivity contribution in [3.63, 3.8) is 0 Å². The van der Waals surface area contributed by atoms with Crippen molar-refractivity contribution in [3.8, 4) is 0 Å². The first-order chi connectivity index (χ1) is 5.33. The molecule has 2 unspecified atom stereocenters. The van der Waals surface area contributed by atoms with Crippen LogP contribution >= 0.6 is 23.4 Å². The van der Waals surface area contributed by atoms with E-state index in [0.717, 1.165) is 22.8 Å². The minimum atomic E-state index is 0.815. The summed E-state index contributed by atoms with van der Waals surface area (Å²) in [6.07, 6.45) is 5.71. The van der Waals surface area contributed by atoms with E-state index in [1.54, 1.807) is 0 Å². The van der Waals surface area contributed by atoms with Crippen molar-refractivity contribution in [2.45, 2.75) is 37.9 Å². The van der Waals surface area contributed by atoms with Crippen molar-refractivity contribution in [2.75, 3.05) is 11.6 Å². The maximum Gasteiger partial charge on any atom is 0.0314 e. The van der Waals surface area contributed by atoms with Gasteiger partial charge in [-0.2, -0.15) is 11.8 Å². The average molecular weight is 193 g/mol. The van der Waals surface area contributed by atoms with Gasteiger partial charge in [0.05, 0.1) is 0 Å². The van der Waals surface area contributed by atoms with Gasteiger partial charge in [0.25, 0.3) is 0 Å². The minimum Gasteiger partial charge on any atom is -0.157 e. The lowest BCUT2D eigenvalue weighted by molar-refractivity contribution is 0.394. The second-order valence-corrected chi connectivity index (χ2v) is 5.24. The van der Waals surface area contributed by atoms with Crippen LogP contribution in [0.3, 0.4) is 0 Å². The Bertz CT molecular complexity index is 106. The summed E-state index contributed by atoms with van der Waals surface area (Å²) in [5.41, 5.74) is 0. The third-order valence-electron chi connectivity index (χ3n) is 2.32. The molecule has 0 amide bonds. The molecule has 0 spiro atoms. The molecule has 0 aromatic carbocycles. The van der Waals surface area contributed by atoms with Crippen LogP contribution in [0.5, 0.6) is 0 Å². The summed E-state index contributed by atoms with van der Waals surface area (Å²) in [6, 6.07) is 0. The summed E-state index contributed by atoms with van der Waals surface area (Å²) in [4.78, 5) is 0. The molecular formula is C9H17ClS. The van der Waals surface area contributed by atoms with Crippen molar-refractivity contribution >= 4 is 23.4 Å². The van der Waals surface area contributed by atoms with Crippen molar-refractivity contribution < 1.29 is 0 Å². The lowest BCUT2D eigenvalue weighted by Crippen LogP contribution is -2.15. The zero-order valence-electron chi connectivity index (χ0n) is 7.18. The van der Waals surface area contributed by atoms with Gasteiger partial charge in [-0.3, -0.25) is 0 Å². The molecule has 1 saturated carbocycles. The fraction of sp³-hybridized carbons (Fsp3) is 1.00. The molecule has 0 bridgehead atoms. The van der Waals surface area contributed by atoms with Gasteiger partial charge in [-0.15, -0.1) is 11.6 Å². The Morgan fingerprint density at radius 1 is 1.45 bits per heavy atom. The van der Waals surface area contributed by atoms with Crippen LogP contribution in [0, 0.1) is 5.92 Å². The fourth-order valence-corrected chi connectivity index (χ4v) is 3.23.